The summed E-state index contributed by atoms with van der Waals surface area (Å²) in [5.74, 6) is -1.23. The third kappa shape index (κ3) is 4.12. The van der Waals surface area contributed by atoms with E-state index >= 15 is 0 Å². The molecule has 2 heterocycles. The zero-order valence-corrected chi connectivity index (χ0v) is 13.6. The molecular formula is C16H22N2O5. The largest absolute Gasteiger partial charge is 0.477 e. The summed E-state index contributed by atoms with van der Waals surface area (Å²) >= 11 is 0. The van der Waals surface area contributed by atoms with Crippen LogP contribution in [0.1, 0.15) is 50.0 Å². The fourth-order valence-electron chi connectivity index (χ4n) is 2.61. The fraction of sp³-hybridized carbons (Fsp3) is 0.562. The molecule has 1 aromatic rings. The van der Waals surface area contributed by atoms with Gasteiger partial charge in [0.05, 0.1) is 0 Å². The van der Waals surface area contributed by atoms with Crippen LogP contribution in [0.15, 0.2) is 23.1 Å². The molecular weight excluding hydrogens is 300 g/mol. The molecule has 126 valence electrons. The van der Waals surface area contributed by atoms with Crippen molar-refractivity contribution in [2.45, 2.75) is 45.3 Å². The van der Waals surface area contributed by atoms with E-state index in [1.54, 1.807) is 17.2 Å². The summed E-state index contributed by atoms with van der Waals surface area (Å²) in [7, 11) is 0. The highest BCUT2D eigenvalue weighted by Crippen LogP contribution is 2.22. The van der Waals surface area contributed by atoms with Crippen LogP contribution in [0.2, 0.25) is 0 Å². The van der Waals surface area contributed by atoms with Crippen molar-refractivity contribution >= 4 is 12.1 Å². The van der Waals surface area contributed by atoms with Crippen molar-refractivity contribution in [1.29, 1.82) is 0 Å². The van der Waals surface area contributed by atoms with Gasteiger partial charge in [-0.25, -0.2) is 9.59 Å². The average molecular weight is 322 g/mol. The van der Waals surface area contributed by atoms with E-state index in [1.165, 1.54) is 10.6 Å². The van der Waals surface area contributed by atoms with Crippen LogP contribution in [0.3, 0.4) is 0 Å². The van der Waals surface area contributed by atoms with E-state index in [0.29, 0.717) is 25.9 Å². The zero-order chi connectivity index (χ0) is 17.2. The Labute approximate surface area is 134 Å². The predicted molar refractivity (Wildman–Crippen MR) is 83.7 cm³/mol. The Bertz CT molecular complexity index is 651. The lowest BCUT2D eigenvalue weighted by Gasteiger charge is -2.34. The van der Waals surface area contributed by atoms with Gasteiger partial charge in [-0.2, -0.15) is 0 Å². The quantitative estimate of drug-likeness (QED) is 0.901. The highest BCUT2D eigenvalue weighted by molar-refractivity contribution is 5.86. The van der Waals surface area contributed by atoms with Crippen molar-refractivity contribution in [2.75, 3.05) is 13.1 Å². The molecule has 0 bridgehead atoms. The highest BCUT2D eigenvalue weighted by atomic mass is 16.6. The summed E-state index contributed by atoms with van der Waals surface area (Å²) < 4.78 is 6.79. The van der Waals surface area contributed by atoms with Gasteiger partial charge in [-0.1, -0.05) is 0 Å². The lowest BCUT2D eigenvalue weighted by molar-refractivity contribution is 0.0187. The van der Waals surface area contributed by atoms with E-state index in [2.05, 4.69) is 0 Å². The van der Waals surface area contributed by atoms with Crippen LogP contribution < -0.4 is 5.56 Å². The topological polar surface area (TPSA) is 88.8 Å². The van der Waals surface area contributed by atoms with E-state index < -0.39 is 17.1 Å². The molecule has 2 rings (SSSR count). The van der Waals surface area contributed by atoms with E-state index in [-0.39, 0.29) is 17.7 Å². The molecule has 0 unspecified atom stereocenters. The molecule has 23 heavy (non-hydrogen) atoms. The van der Waals surface area contributed by atoms with Crippen molar-refractivity contribution in [3.05, 3.63) is 34.2 Å². The number of amides is 1. The maximum Gasteiger partial charge on any atom is 0.410 e. The first kappa shape index (κ1) is 17.1. The first-order chi connectivity index (χ1) is 10.7. The Morgan fingerprint density at radius 2 is 1.87 bits per heavy atom. The molecule has 1 aliphatic rings. The van der Waals surface area contributed by atoms with Crippen LogP contribution in [-0.2, 0) is 4.74 Å². The molecule has 7 heteroatoms. The number of carboxylic acid groups (broad SMARTS) is 1. The summed E-state index contributed by atoms with van der Waals surface area (Å²) in [6.07, 6.45) is 2.41. The summed E-state index contributed by atoms with van der Waals surface area (Å²) in [4.78, 5) is 36.9. The monoisotopic (exact) mass is 322 g/mol. The average Bonchev–Trinajstić information content (AvgIpc) is 2.45. The van der Waals surface area contributed by atoms with Gasteiger partial charge in [-0.3, -0.25) is 4.79 Å². The SMILES string of the molecule is CC(C)(C)OC(=O)N1CCC(n2cccc(C(=O)O)c2=O)CC1. The normalized spacial score (nSPS) is 16.2. The third-order valence-corrected chi connectivity index (χ3v) is 3.71. The van der Waals surface area contributed by atoms with E-state index in [0.717, 1.165) is 0 Å². The number of ether oxygens (including phenoxy) is 1. The summed E-state index contributed by atoms with van der Waals surface area (Å²) in [5.41, 5.74) is -1.28. The van der Waals surface area contributed by atoms with Crippen LogP contribution in [-0.4, -0.2) is 45.3 Å². The van der Waals surface area contributed by atoms with Gasteiger partial charge in [0.1, 0.15) is 11.2 Å². The number of hydrogen-bond donors (Lipinski definition) is 1. The van der Waals surface area contributed by atoms with Crippen LogP contribution >= 0.6 is 0 Å². The molecule has 1 aromatic heterocycles. The van der Waals surface area contributed by atoms with Gasteiger partial charge in [0, 0.05) is 25.3 Å². The lowest BCUT2D eigenvalue weighted by Crippen LogP contribution is -2.43. The maximum atomic E-state index is 12.2. The van der Waals surface area contributed by atoms with Crippen molar-refractivity contribution in [3.63, 3.8) is 0 Å². The van der Waals surface area contributed by atoms with E-state index in [1.807, 2.05) is 20.8 Å². The smallest absolute Gasteiger partial charge is 0.410 e. The van der Waals surface area contributed by atoms with Crippen molar-refractivity contribution < 1.29 is 19.4 Å². The second-order valence-corrected chi connectivity index (χ2v) is 6.64. The standard InChI is InChI=1S/C16H22N2O5/c1-16(2,3)23-15(22)17-9-6-11(7-10-17)18-8-4-5-12(13(18)19)14(20)21/h4-5,8,11H,6-7,9-10H2,1-3H3,(H,20,21). The van der Waals surface area contributed by atoms with Crippen molar-refractivity contribution in [3.8, 4) is 0 Å². The number of carbonyl (C=O) groups excluding carboxylic acids is 1. The number of rotatable bonds is 2. The molecule has 1 saturated heterocycles. The first-order valence-electron chi connectivity index (χ1n) is 7.61. The molecule has 0 radical (unpaired) electrons. The van der Waals surface area contributed by atoms with Gasteiger partial charge in [-0.05, 0) is 45.7 Å². The zero-order valence-electron chi connectivity index (χ0n) is 13.6. The van der Waals surface area contributed by atoms with E-state index in [4.69, 9.17) is 9.84 Å². The first-order valence-corrected chi connectivity index (χ1v) is 7.61. The maximum absolute atomic E-state index is 12.2. The van der Waals surface area contributed by atoms with Crippen LogP contribution in [0, 0.1) is 0 Å². The number of aromatic carboxylic acids is 1. The number of aromatic nitrogens is 1. The van der Waals surface area contributed by atoms with Gasteiger partial charge < -0.3 is 19.3 Å². The minimum atomic E-state index is -1.23. The van der Waals surface area contributed by atoms with Gasteiger partial charge in [0.2, 0.25) is 0 Å². The Balaban J connectivity index is 2.05. The lowest BCUT2D eigenvalue weighted by atomic mass is 10.0. The Kier molecular flexibility index (Phi) is 4.77. The summed E-state index contributed by atoms with van der Waals surface area (Å²) in [6, 6.07) is 2.75. The second-order valence-electron chi connectivity index (χ2n) is 6.64. The molecule has 1 N–H and O–H groups in total. The van der Waals surface area contributed by atoms with Crippen molar-refractivity contribution in [1.82, 2.24) is 9.47 Å². The Morgan fingerprint density at radius 1 is 1.26 bits per heavy atom. The molecule has 0 aromatic carbocycles. The molecule has 1 fully saturated rings. The number of pyridine rings is 1. The van der Waals surface area contributed by atoms with Crippen LogP contribution in [0.25, 0.3) is 0 Å². The Hall–Kier alpha value is -2.31. The summed E-state index contributed by atoms with van der Waals surface area (Å²) in [5, 5.41) is 9.03. The van der Waals surface area contributed by atoms with Gasteiger partial charge in [0.15, 0.2) is 0 Å². The number of nitrogens with zero attached hydrogens (tertiary/aromatic N) is 2. The third-order valence-electron chi connectivity index (χ3n) is 3.71. The number of likely N-dealkylation sites (tertiary alicyclic amines) is 1. The minimum absolute atomic E-state index is 0.111. The molecule has 0 saturated carbocycles. The molecule has 0 aliphatic carbocycles. The predicted octanol–water partition coefficient (Wildman–Crippen LogP) is 2.12. The van der Waals surface area contributed by atoms with Crippen LogP contribution in [0.4, 0.5) is 4.79 Å². The molecule has 7 nitrogen and oxygen atoms in total. The number of hydrogen-bond acceptors (Lipinski definition) is 4. The van der Waals surface area contributed by atoms with Crippen molar-refractivity contribution in [2.24, 2.45) is 0 Å². The highest BCUT2D eigenvalue weighted by Gasteiger charge is 2.28. The van der Waals surface area contributed by atoms with E-state index in [9.17, 15) is 14.4 Å². The number of carbonyl (C=O) groups is 2. The summed E-state index contributed by atoms with van der Waals surface area (Å²) in [6.45, 7) is 6.39. The van der Waals surface area contributed by atoms with Gasteiger partial charge >= 0.3 is 12.1 Å². The van der Waals surface area contributed by atoms with Gasteiger partial charge in [0.25, 0.3) is 5.56 Å². The second kappa shape index (κ2) is 6.44. The molecule has 1 aliphatic heterocycles. The molecule has 0 atom stereocenters. The molecule has 1 amide bonds. The fourth-order valence-corrected chi connectivity index (χ4v) is 2.61. The van der Waals surface area contributed by atoms with Gasteiger partial charge in [-0.15, -0.1) is 0 Å². The number of piperidine rings is 1. The van der Waals surface area contributed by atoms with Crippen LogP contribution in [0.5, 0.6) is 0 Å². The minimum Gasteiger partial charge on any atom is -0.477 e. The number of carboxylic acids is 1. The Morgan fingerprint density at radius 3 is 2.39 bits per heavy atom. The molecule has 0 spiro atoms.